The van der Waals surface area contributed by atoms with Crippen LogP contribution in [-0.2, 0) is 32.0 Å². The van der Waals surface area contributed by atoms with Gasteiger partial charge in [-0.15, -0.1) is 0 Å². The van der Waals surface area contributed by atoms with E-state index in [4.69, 9.17) is 19.9 Å². The van der Waals surface area contributed by atoms with Gasteiger partial charge in [0.15, 0.2) is 5.78 Å². The SMILES string of the molecule is COC(=O)[C@@H](C)C/C=C\Cc1cc2ccccc2c(-c2c(OC)c(CCC(=O)N[C@H](CCCCN)C(C)=O)cc3ccccc23)c1OC. The number of methoxy groups -OCH3 is 3. The maximum absolute atomic E-state index is 13.1. The van der Waals surface area contributed by atoms with Gasteiger partial charge in [0.2, 0.25) is 5.91 Å². The molecule has 0 saturated carbocycles. The zero-order chi connectivity index (χ0) is 34.6. The van der Waals surface area contributed by atoms with Crippen molar-refractivity contribution in [2.45, 2.75) is 64.8 Å². The number of allylic oxidation sites excluding steroid dienone is 2. The molecule has 0 aromatic heterocycles. The topological polar surface area (TPSA) is 117 Å². The first-order valence-electron chi connectivity index (χ1n) is 16.6. The van der Waals surface area contributed by atoms with E-state index in [0.717, 1.165) is 62.4 Å². The van der Waals surface area contributed by atoms with Gasteiger partial charge < -0.3 is 25.3 Å². The minimum absolute atomic E-state index is 0.0578. The minimum atomic E-state index is -0.519. The Morgan fingerprint density at radius 2 is 1.42 bits per heavy atom. The Hall–Kier alpha value is -4.69. The molecule has 0 fully saturated rings. The van der Waals surface area contributed by atoms with Crippen molar-refractivity contribution in [2.24, 2.45) is 11.7 Å². The van der Waals surface area contributed by atoms with Gasteiger partial charge in [-0.05, 0) is 96.8 Å². The molecule has 8 nitrogen and oxygen atoms in total. The molecule has 0 aliphatic rings. The third-order valence-electron chi connectivity index (χ3n) is 8.81. The number of esters is 1. The predicted molar refractivity (Wildman–Crippen MR) is 192 cm³/mol. The molecule has 0 unspecified atom stereocenters. The third-order valence-corrected chi connectivity index (χ3v) is 8.81. The van der Waals surface area contributed by atoms with Crippen molar-refractivity contribution >= 4 is 39.2 Å². The van der Waals surface area contributed by atoms with Crippen LogP contribution in [0.5, 0.6) is 11.5 Å². The quantitative estimate of drug-likeness (QED) is 0.0709. The van der Waals surface area contributed by atoms with Crippen LogP contribution in [0.15, 0.2) is 72.8 Å². The molecule has 2 atom stereocenters. The molecule has 48 heavy (non-hydrogen) atoms. The first-order valence-corrected chi connectivity index (χ1v) is 16.6. The Kier molecular flexibility index (Phi) is 13.1. The van der Waals surface area contributed by atoms with Crippen LogP contribution in [0.2, 0.25) is 0 Å². The van der Waals surface area contributed by atoms with Crippen molar-refractivity contribution in [3.63, 3.8) is 0 Å². The molecule has 8 heteroatoms. The Bertz CT molecular complexity index is 1780. The summed E-state index contributed by atoms with van der Waals surface area (Å²) in [7, 11) is 4.74. The summed E-state index contributed by atoms with van der Waals surface area (Å²) in [5, 5.41) is 7.02. The number of carbonyl (C=O) groups is 3. The fraction of sp³-hybridized carbons (Fsp3) is 0.375. The van der Waals surface area contributed by atoms with Gasteiger partial charge >= 0.3 is 5.97 Å². The van der Waals surface area contributed by atoms with E-state index in [1.165, 1.54) is 14.0 Å². The second kappa shape index (κ2) is 17.5. The van der Waals surface area contributed by atoms with Crippen LogP contribution in [0.25, 0.3) is 32.7 Å². The molecule has 0 spiro atoms. The van der Waals surface area contributed by atoms with Gasteiger partial charge in [0.25, 0.3) is 0 Å². The Morgan fingerprint density at radius 1 is 0.833 bits per heavy atom. The Labute approximate surface area is 283 Å². The number of rotatable bonds is 17. The molecule has 4 aromatic rings. The number of ether oxygens (including phenoxy) is 3. The highest BCUT2D eigenvalue weighted by atomic mass is 16.5. The summed E-state index contributed by atoms with van der Waals surface area (Å²) in [6, 6.07) is 20.1. The number of benzene rings is 4. The van der Waals surface area contributed by atoms with E-state index in [1.54, 1.807) is 14.2 Å². The third kappa shape index (κ3) is 8.61. The molecule has 0 aliphatic heterocycles. The molecule has 254 valence electrons. The molecular formula is C40H48N2O6. The number of unbranched alkanes of at least 4 members (excludes halogenated alkanes) is 1. The van der Waals surface area contributed by atoms with Crippen LogP contribution in [0.3, 0.4) is 0 Å². The molecule has 0 saturated heterocycles. The van der Waals surface area contributed by atoms with E-state index in [9.17, 15) is 14.4 Å². The van der Waals surface area contributed by atoms with E-state index < -0.39 is 6.04 Å². The lowest BCUT2D eigenvalue weighted by Crippen LogP contribution is -2.39. The minimum Gasteiger partial charge on any atom is -0.496 e. The lowest BCUT2D eigenvalue weighted by molar-refractivity contribution is -0.144. The van der Waals surface area contributed by atoms with E-state index in [-0.39, 0.29) is 30.0 Å². The molecule has 1 amide bonds. The highest BCUT2D eigenvalue weighted by Crippen LogP contribution is 2.48. The fourth-order valence-corrected chi connectivity index (χ4v) is 6.27. The molecular weight excluding hydrogens is 604 g/mol. The molecule has 4 rings (SSSR count). The van der Waals surface area contributed by atoms with Crippen LogP contribution in [0.4, 0.5) is 0 Å². The standard InChI is InChI=1S/C40H48N2O6/c1-26(40(45)48-5)14-6-7-17-30-24-28-15-8-10-18-32(28)36(38(30)46-3)37-33-19-11-9-16-29(33)25-31(39(37)47-4)21-22-35(44)42-34(27(2)43)20-12-13-23-41/h6-11,15-16,18-19,24-26,34H,12-14,17,20-23,41H2,1-5H3,(H,42,44)/b7-6-/t26-,34+/m0/s1. The Morgan fingerprint density at radius 3 is 1.98 bits per heavy atom. The average molecular weight is 653 g/mol. The summed E-state index contributed by atoms with van der Waals surface area (Å²) in [4.78, 5) is 37.3. The average Bonchev–Trinajstić information content (AvgIpc) is 3.10. The zero-order valence-corrected chi connectivity index (χ0v) is 28.8. The second-order valence-corrected chi connectivity index (χ2v) is 12.2. The van der Waals surface area contributed by atoms with Crippen LogP contribution < -0.4 is 20.5 Å². The molecule has 0 radical (unpaired) electrons. The summed E-state index contributed by atoms with van der Waals surface area (Å²) in [5.41, 5.74) is 9.31. The van der Waals surface area contributed by atoms with Crippen molar-refractivity contribution in [3.05, 3.63) is 83.9 Å². The van der Waals surface area contributed by atoms with E-state index in [0.29, 0.717) is 38.0 Å². The number of nitrogens with two attached hydrogens (primary N) is 1. The van der Waals surface area contributed by atoms with Crippen molar-refractivity contribution in [2.75, 3.05) is 27.9 Å². The number of hydrogen-bond donors (Lipinski definition) is 2. The molecule has 0 aliphatic carbocycles. The van der Waals surface area contributed by atoms with Crippen LogP contribution in [0.1, 0.15) is 57.1 Å². The lowest BCUT2D eigenvalue weighted by atomic mass is 9.87. The maximum Gasteiger partial charge on any atom is 0.308 e. The van der Waals surface area contributed by atoms with Crippen molar-refractivity contribution in [3.8, 4) is 22.6 Å². The van der Waals surface area contributed by atoms with E-state index >= 15 is 0 Å². The number of carbonyl (C=O) groups excluding carboxylic acids is 3. The number of Topliss-reactive ketones (excluding diaryl/α,β-unsaturated/α-hetero) is 1. The van der Waals surface area contributed by atoms with Gasteiger partial charge in [0, 0.05) is 17.5 Å². The summed E-state index contributed by atoms with van der Waals surface area (Å²) in [6.45, 7) is 3.92. The number of ketones is 1. The fourth-order valence-electron chi connectivity index (χ4n) is 6.27. The van der Waals surface area contributed by atoms with Gasteiger partial charge in [-0.3, -0.25) is 14.4 Å². The van der Waals surface area contributed by atoms with Crippen molar-refractivity contribution < 1.29 is 28.6 Å². The Balaban J connectivity index is 1.79. The normalized spacial score (nSPS) is 12.6. The molecule has 0 heterocycles. The highest BCUT2D eigenvalue weighted by Gasteiger charge is 2.24. The first kappa shape index (κ1) is 36.2. The van der Waals surface area contributed by atoms with Crippen LogP contribution >= 0.6 is 0 Å². The van der Waals surface area contributed by atoms with Gasteiger partial charge in [0.1, 0.15) is 11.5 Å². The number of nitrogens with one attached hydrogen (secondary N) is 1. The monoisotopic (exact) mass is 652 g/mol. The first-order chi connectivity index (χ1) is 23.2. The van der Waals surface area contributed by atoms with E-state index in [1.807, 2.05) is 37.3 Å². The largest absolute Gasteiger partial charge is 0.496 e. The van der Waals surface area contributed by atoms with Gasteiger partial charge in [0.05, 0.1) is 33.3 Å². The smallest absolute Gasteiger partial charge is 0.308 e. The van der Waals surface area contributed by atoms with Crippen molar-refractivity contribution in [1.82, 2.24) is 5.32 Å². The van der Waals surface area contributed by atoms with Gasteiger partial charge in [-0.25, -0.2) is 0 Å². The lowest BCUT2D eigenvalue weighted by Gasteiger charge is -2.22. The number of amides is 1. The summed E-state index contributed by atoms with van der Waals surface area (Å²) in [6.07, 6.45) is 8.01. The van der Waals surface area contributed by atoms with Crippen LogP contribution in [0, 0.1) is 5.92 Å². The number of aryl methyl sites for hydroxylation is 1. The molecule has 4 aromatic carbocycles. The highest BCUT2D eigenvalue weighted by molar-refractivity contribution is 6.11. The van der Waals surface area contributed by atoms with Gasteiger partial charge in [-0.2, -0.15) is 0 Å². The second-order valence-electron chi connectivity index (χ2n) is 12.2. The molecule has 0 bridgehead atoms. The van der Waals surface area contributed by atoms with Crippen molar-refractivity contribution in [1.29, 1.82) is 0 Å². The van der Waals surface area contributed by atoms with Gasteiger partial charge in [-0.1, -0.05) is 67.6 Å². The summed E-state index contributed by atoms with van der Waals surface area (Å²) in [5.74, 6) is 0.707. The number of fused-ring (bicyclic) bond motifs is 2. The maximum atomic E-state index is 13.1. The zero-order valence-electron chi connectivity index (χ0n) is 28.8. The predicted octanol–water partition coefficient (Wildman–Crippen LogP) is 7.11. The summed E-state index contributed by atoms with van der Waals surface area (Å²) >= 11 is 0. The summed E-state index contributed by atoms with van der Waals surface area (Å²) < 4.78 is 17.3. The molecule has 3 N–H and O–H groups in total. The van der Waals surface area contributed by atoms with E-state index in [2.05, 4.69) is 47.8 Å². The van der Waals surface area contributed by atoms with Crippen LogP contribution in [-0.4, -0.2) is 51.6 Å². The number of hydrogen-bond acceptors (Lipinski definition) is 7.